The summed E-state index contributed by atoms with van der Waals surface area (Å²) in [5.74, 6) is 0.372. The van der Waals surface area contributed by atoms with Crippen molar-refractivity contribution in [2.45, 2.75) is 32.7 Å². The van der Waals surface area contributed by atoms with Crippen LogP contribution in [-0.4, -0.2) is 39.7 Å². The summed E-state index contributed by atoms with van der Waals surface area (Å²) < 4.78 is 2.83. The summed E-state index contributed by atoms with van der Waals surface area (Å²) in [6.45, 7) is 5.49. The highest BCUT2D eigenvalue weighted by Crippen LogP contribution is 2.21. The zero-order valence-electron chi connectivity index (χ0n) is 14.5. The van der Waals surface area contributed by atoms with E-state index in [1.165, 1.54) is 0 Å². The highest BCUT2D eigenvalue weighted by Gasteiger charge is 2.28. The van der Waals surface area contributed by atoms with E-state index in [1.807, 2.05) is 53.8 Å². The van der Waals surface area contributed by atoms with Crippen LogP contribution in [0.3, 0.4) is 0 Å². The van der Waals surface area contributed by atoms with Gasteiger partial charge in [-0.05, 0) is 62.9 Å². The van der Waals surface area contributed by atoms with Gasteiger partial charge in [-0.1, -0.05) is 15.9 Å². The molecule has 1 aliphatic rings. The lowest BCUT2D eigenvalue weighted by molar-refractivity contribution is 0.0654. The molecular weight excluding hydrogens is 404 g/mol. The van der Waals surface area contributed by atoms with Crippen molar-refractivity contribution in [1.82, 2.24) is 14.7 Å². The number of likely N-dealkylation sites (tertiary alicyclic amines) is 1. The summed E-state index contributed by atoms with van der Waals surface area (Å²) in [4.78, 5) is 14.7. The van der Waals surface area contributed by atoms with Gasteiger partial charge in [-0.15, -0.1) is 12.4 Å². The van der Waals surface area contributed by atoms with E-state index in [9.17, 15) is 4.79 Å². The number of amides is 1. The maximum Gasteiger partial charge on any atom is 0.274 e. The van der Waals surface area contributed by atoms with Gasteiger partial charge in [-0.25, -0.2) is 4.68 Å². The number of carbonyl (C=O) groups excluding carboxylic acids is 1. The molecule has 0 radical (unpaired) electrons. The number of nitrogens with two attached hydrogens (primary N) is 1. The van der Waals surface area contributed by atoms with Crippen LogP contribution in [0.4, 0.5) is 0 Å². The van der Waals surface area contributed by atoms with Crippen LogP contribution in [-0.2, 0) is 0 Å². The normalized spacial score (nSPS) is 18.6. The lowest BCUT2D eigenvalue weighted by Gasteiger charge is -2.34. The quantitative estimate of drug-likeness (QED) is 0.814. The fourth-order valence-electron chi connectivity index (χ4n) is 3.21. The summed E-state index contributed by atoms with van der Waals surface area (Å²) in [6, 6.07) is 9.87. The van der Waals surface area contributed by atoms with E-state index in [0.717, 1.165) is 41.8 Å². The number of hydrogen-bond acceptors (Lipinski definition) is 3. The molecule has 2 heterocycles. The lowest BCUT2D eigenvalue weighted by Crippen LogP contribution is -2.45. The number of rotatable bonds is 3. The molecule has 0 spiro atoms. The monoisotopic (exact) mass is 426 g/mol. The van der Waals surface area contributed by atoms with Gasteiger partial charge >= 0.3 is 0 Å². The van der Waals surface area contributed by atoms with Crippen LogP contribution in [0.15, 0.2) is 34.8 Å². The molecule has 1 saturated heterocycles. The molecule has 0 saturated carbocycles. The smallest absolute Gasteiger partial charge is 0.274 e. The van der Waals surface area contributed by atoms with Crippen molar-refractivity contribution in [1.29, 1.82) is 0 Å². The minimum atomic E-state index is -0.000637. The van der Waals surface area contributed by atoms with Crippen molar-refractivity contribution in [2.24, 2.45) is 11.7 Å². The Morgan fingerprint density at radius 2 is 2.04 bits per heavy atom. The Morgan fingerprint density at radius 3 is 2.68 bits per heavy atom. The molecule has 2 unspecified atom stereocenters. The van der Waals surface area contributed by atoms with E-state index in [4.69, 9.17) is 5.73 Å². The maximum atomic E-state index is 12.8. The van der Waals surface area contributed by atoms with Gasteiger partial charge in [-0.2, -0.15) is 5.10 Å². The number of nitrogens with zero attached hydrogens (tertiary/aromatic N) is 3. The summed E-state index contributed by atoms with van der Waals surface area (Å²) in [6.07, 6.45) is 2.10. The molecule has 2 aromatic rings. The molecule has 1 aromatic heterocycles. The number of aryl methyl sites for hydroxylation is 1. The number of halogens is 2. The molecule has 0 bridgehead atoms. The minimum absolute atomic E-state index is 0. The molecular formula is C18H24BrClN4O. The van der Waals surface area contributed by atoms with E-state index in [2.05, 4.69) is 21.0 Å². The summed E-state index contributed by atoms with van der Waals surface area (Å²) in [5.41, 5.74) is 8.42. The van der Waals surface area contributed by atoms with Gasteiger partial charge in [0, 0.05) is 29.3 Å². The highest BCUT2D eigenvalue weighted by molar-refractivity contribution is 9.10. The van der Waals surface area contributed by atoms with Crippen LogP contribution >= 0.6 is 28.3 Å². The highest BCUT2D eigenvalue weighted by atomic mass is 79.9. The third kappa shape index (κ3) is 4.43. The van der Waals surface area contributed by atoms with Crippen molar-refractivity contribution in [2.75, 3.05) is 13.1 Å². The van der Waals surface area contributed by atoms with Crippen LogP contribution in [0.1, 0.15) is 35.9 Å². The third-order valence-electron chi connectivity index (χ3n) is 4.67. The molecule has 5 nitrogen and oxygen atoms in total. The Balaban J connectivity index is 0.00000225. The average molecular weight is 428 g/mol. The second-order valence-corrected chi connectivity index (χ2v) is 7.49. The van der Waals surface area contributed by atoms with E-state index >= 15 is 0 Å². The first-order chi connectivity index (χ1) is 11.5. The van der Waals surface area contributed by atoms with Crippen LogP contribution in [0.5, 0.6) is 0 Å². The topological polar surface area (TPSA) is 64.2 Å². The molecule has 1 aromatic carbocycles. The predicted molar refractivity (Wildman–Crippen MR) is 106 cm³/mol. The van der Waals surface area contributed by atoms with E-state index in [1.54, 1.807) is 0 Å². The van der Waals surface area contributed by atoms with E-state index < -0.39 is 0 Å². The second kappa shape index (κ2) is 8.34. The lowest BCUT2D eigenvalue weighted by atomic mass is 9.92. The molecule has 1 aliphatic heterocycles. The van der Waals surface area contributed by atoms with Crippen LogP contribution < -0.4 is 5.73 Å². The number of carbonyl (C=O) groups is 1. The number of hydrogen-bond donors (Lipinski definition) is 1. The van der Waals surface area contributed by atoms with Crippen molar-refractivity contribution < 1.29 is 4.79 Å². The maximum absolute atomic E-state index is 12.8. The predicted octanol–water partition coefficient (Wildman–Crippen LogP) is 3.56. The fourth-order valence-corrected chi connectivity index (χ4v) is 3.47. The molecule has 1 amide bonds. The van der Waals surface area contributed by atoms with Crippen molar-refractivity contribution in [3.8, 4) is 5.69 Å². The minimum Gasteiger partial charge on any atom is -0.337 e. The zero-order valence-corrected chi connectivity index (χ0v) is 16.9. The summed E-state index contributed by atoms with van der Waals surface area (Å²) >= 11 is 3.43. The number of aromatic nitrogens is 2. The van der Waals surface area contributed by atoms with E-state index in [-0.39, 0.29) is 24.4 Å². The summed E-state index contributed by atoms with van der Waals surface area (Å²) in [5, 5.41) is 4.53. The first-order valence-corrected chi connectivity index (χ1v) is 9.12. The van der Waals surface area contributed by atoms with E-state index in [0.29, 0.717) is 11.6 Å². The van der Waals surface area contributed by atoms with Crippen molar-refractivity contribution >= 4 is 34.2 Å². The molecule has 136 valence electrons. The average Bonchev–Trinajstić information content (AvgIpc) is 2.97. The first-order valence-electron chi connectivity index (χ1n) is 8.33. The van der Waals surface area contributed by atoms with Gasteiger partial charge in [-0.3, -0.25) is 4.79 Å². The third-order valence-corrected chi connectivity index (χ3v) is 5.20. The Labute approximate surface area is 163 Å². The van der Waals surface area contributed by atoms with Gasteiger partial charge < -0.3 is 10.6 Å². The molecule has 0 aliphatic carbocycles. The first kappa shape index (κ1) is 19.9. The Bertz CT molecular complexity index is 729. The molecule has 2 N–H and O–H groups in total. The largest absolute Gasteiger partial charge is 0.337 e. The number of piperidine rings is 1. The molecule has 7 heteroatoms. The van der Waals surface area contributed by atoms with Gasteiger partial charge in [0.2, 0.25) is 0 Å². The fraction of sp³-hybridized carbons (Fsp3) is 0.444. The van der Waals surface area contributed by atoms with Crippen LogP contribution in [0.2, 0.25) is 0 Å². The Hall–Kier alpha value is -1.37. The standard InChI is InChI=1S/C18H23BrN4O.ClH/c1-12-10-17(21-23(12)16-7-5-15(19)6-8-16)18(24)22-9-3-4-14(11-22)13(2)20;/h5-8,10,13-14H,3-4,9,11,20H2,1-2H3;1H. The Morgan fingerprint density at radius 1 is 1.36 bits per heavy atom. The van der Waals surface area contributed by atoms with Crippen molar-refractivity contribution in [3.63, 3.8) is 0 Å². The zero-order chi connectivity index (χ0) is 17.3. The SMILES string of the molecule is Cc1cc(C(=O)N2CCCC(C(C)N)C2)nn1-c1ccc(Br)cc1.Cl. The van der Waals surface area contributed by atoms with Gasteiger partial charge in [0.25, 0.3) is 5.91 Å². The molecule has 3 rings (SSSR count). The summed E-state index contributed by atoms with van der Waals surface area (Å²) in [7, 11) is 0. The second-order valence-electron chi connectivity index (χ2n) is 6.57. The Kier molecular flexibility index (Phi) is 6.65. The van der Waals surface area contributed by atoms with Gasteiger partial charge in [0.05, 0.1) is 5.69 Å². The van der Waals surface area contributed by atoms with Crippen LogP contribution in [0.25, 0.3) is 5.69 Å². The van der Waals surface area contributed by atoms with Crippen LogP contribution in [0, 0.1) is 12.8 Å². The molecule has 1 fully saturated rings. The van der Waals surface area contributed by atoms with Gasteiger partial charge in [0.15, 0.2) is 5.69 Å². The molecule has 25 heavy (non-hydrogen) atoms. The van der Waals surface area contributed by atoms with Crippen molar-refractivity contribution in [3.05, 3.63) is 46.2 Å². The molecule has 2 atom stereocenters. The number of benzene rings is 1. The van der Waals surface area contributed by atoms with Gasteiger partial charge in [0.1, 0.15) is 0 Å².